The zero-order valence-electron chi connectivity index (χ0n) is 11.2. The predicted octanol–water partition coefficient (Wildman–Crippen LogP) is 3.85. The Morgan fingerprint density at radius 2 is 2.25 bits per heavy atom. The van der Waals surface area contributed by atoms with Crippen LogP contribution in [0.3, 0.4) is 0 Å². The van der Waals surface area contributed by atoms with Crippen LogP contribution in [0.15, 0.2) is 45.9 Å². The minimum absolute atomic E-state index is 0.242. The Morgan fingerprint density at radius 1 is 1.40 bits per heavy atom. The van der Waals surface area contributed by atoms with E-state index in [1.807, 2.05) is 13.0 Å². The van der Waals surface area contributed by atoms with Gasteiger partial charge in [0.15, 0.2) is 0 Å². The molecule has 1 aromatic carbocycles. The Hall–Kier alpha value is -1.88. The van der Waals surface area contributed by atoms with E-state index in [0.717, 1.165) is 22.8 Å². The first-order valence-electron chi connectivity index (χ1n) is 6.30. The summed E-state index contributed by atoms with van der Waals surface area (Å²) in [5.74, 6) is 1.51. The lowest BCUT2D eigenvalue weighted by molar-refractivity contribution is 0.0696. The quantitative estimate of drug-likeness (QED) is 0.620. The molecule has 0 bridgehead atoms. The van der Waals surface area contributed by atoms with Gasteiger partial charge in [-0.1, -0.05) is 6.07 Å². The van der Waals surface area contributed by atoms with Crippen LogP contribution in [0, 0.1) is 6.92 Å². The molecular weight excluding hydrogens is 276 g/mol. The topological polar surface area (TPSA) is 59.7 Å². The van der Waals surface area contributed by atoms with Crippen molar-refractivity contribution in [2.45, 2.75) is 18.2 Å². The van der Waals surface area contributed by atoms with E-state index < -0.39 is 5.97 Å². The first-order valence-corrected chi connectivity index (χ1v) is 7.28. The molecule has 20 heavy (non-hydrogen) atoms. The number of ether oxygens (including phenoxy) is 1. The third-order valence-electron chi connectivity index (χ3n) is 2.71. The molecule has 0 amide bonds. The van der Waals surface area contributed by atoms with E-state index in [1.54, 1.807) is 36.2 Å². The number of carboxylic acid groups (broad SMARTS) is 1. The largest absolute Gasteiger partial charge is 0.494 e. The van der Waals surface area contributed by atoms with Gasteiger partial charge < -0.3 is 14.3 Å². The van der Waals surface area contributed by atoms with Crippen LogP contribution >= 0.6 is 11.8 Å². The molecule has 4 nitrogen and oxygen atoms in total. The van der Waals surface area contributed by atoms with Crippen LogP contribution in [-0.4, -0.2) is 23.4 Å². The SMILES string of the molecule is Cc1occc1SCCCOc1cccc(C(=O)O)c1. The second-order valence-corrected chi connectivity index (χ2v) is 5.36. The van der Waals surface area contributed by atoms with E-state index in [4.69, 9.17) is 14.3 Å². The molecular formula is C15H16O4S. The number of benzene rings is 1. The van der Waals surface area contributed by atoms with Gasteiger partial charge in [-0.05, 0) is 37.6 Å². The van der Waals surface area contributed by atoms with Crippen molar-refractivity contribution in [3.63, 3.8) is 0 Å². The van der Waals surface area contributed by atoms with E-state index in [9.17, 15) is 4.79 Å². The third-order valence-corrected chi connectivity index (χ3v) is 3.93. The number of hydrogen-bond donors (Lipinski definition) is 1. The summed E-state index contributed by atoms with van der Waals surface area (Å²) in [7, 11) is 0. The normalized spacial score (nSPS) is 10.4. The molecule has 0 aliphatic heterocycles. The first kappa shape index (κ1) is 14.5. The van der Waals surface area contributed by atoms with Gasteiger partial charge in [-0.15, -0.1) is 11.8 Å². The molecule has 0 saturated carbocycles. The van der Waals surface area contributed by atoms with Crippen LogP contribution in [0.25, 0.3) is 0 Å². The second-order valence-electron chi connectivity index (χ2n) is 4.22. The van der Waals surface area contributed by atoms with Gasteiger partial charge in [0.1, 0.15) is 11.5 Å². The van der Waals surface area contributed by atoms with Gasteiger partial charge in [0, 0.05) is 10.6 Å². The molecule has 2 aromatic rings. The summed E-state index contributed by atoms with van der Waals surface area (Å²) in [4.78, 5) is 12.0. The highest BCUT2D eigenvalue weighted by molar-refractivity contribution is 7.99. The lowest BCUT2D eigenvalue weighted by atomic mass is 10.2. The fourth-order valence-electron chi connectivity index (χ4n) is 1.67. The summed E-state index contributed by atoms with van der Waals surface area (Å²) in [6.45, 7) is 2.50. The standard InChI is InChI=1S/C15H16O4S/c1-11-14(6-8-18-11)20-9-3-7-19-13-5-2-4-12(10-13)15(16)17/h2,4-6,8,10H,3,7,9H2,1H3,(H,16,17). The van der Waals surface area contributed by atoms with Gasteiger partial charge in [-0.3, -0.25) is 0 Å². The molecule has 0 aliphatic carbocycles. The molecule has 1 aromatic heterocycles. The fraction of sp³-hybridized carbons (Fsp3) is 0.267. The molecule has 0 fully saturated rings. The van der Waals surface area contributed by atoms with E-state index in [0.29, 0.717) is 12.4 Å². The smallest absolute Gasteiger partial charge is 0.335 e. The highest BCUT2D eigenvalue weighted by atomic mass is 32.2. The van der Waals surface area contributed by atoms with Gasteiger partial charge >= 0.3 is 5.97 Å². The zero-order valence-corrected chi connectivity index (χ0v) is 12.0. The maximum absolute atomic E-state index is 10.8. The Kier molecular flexibility index (Phi) is 5.12. The number of carbonyl (C=O) groups is 1. The van der Waals surface area contributed by atoms with E-state index in [1.165, 1.54) is 6.07 Å². The first-order chi connectivity index (χ1) is 9.66. The molecule has 0 aliphatic rings. The monoisotopic (exact) mass is 292 g/mol. The van der Waals surface area contributed by atoms with Gasteiger partial charge in [0.2, 0.25) is 0 Å². The molecule has 0 radical (unpaired) electrons. The van der Waals surface area contributed by atoms with Crippen LogP contribution in [0.1, 0.15) is 22.5 Å². The molecule has 2 rings (SSSR count). The summed E-state index contributed by atoms with van der Waals surface area (Å²) < 4.78 is 10.8. The third kappa shape index (κ3) is 4.06. The van der Waals surface area contributed by atoms with Crippen molar-refractivity contribution in [2.75, 3.05) is 12.4 Å². The van der Waals surface area contributed by atoms with Crippen LogP contribution in [0.2, 0.25) is 0 Å². The van der Waals surface area contributed by atoms with E-state index in [-0.39, 0.29) is 5.56 Å². The van der Waals surface area contributed by atoms with Crippen molar-refractivity contribution < 1.29 is 19.1 Å². The molecule has 1 heterocycles. The average Bonchev–Trinajstić information content (AvgIpc) is 2.84. The summed E-state index contributed by atoms with van der Waals surface area (Å²) in [6.07, 6.45) is 2.57. The fourth-order valence-corrected chi connectivity index (χ4v) is 2.56. The predicted molar refractivity (Wildman–Crippen MR) is 77.7 cm³/mol. The lowest BCUT2D eigenvalue weighted by Crippen LogP contribution is -2.01. The van der Waals surface area contributed by atoms with Crippen molar-refractivity contribution in [3.8, 4) is 5.75 Å². The molecule has 0 atom stereocenters. The van der Waals surface area contributed by atoms with Gasteiger partial charge in [0.05, 0.1) is 18.4 Å². The van der Waals surface area contributed by atoms with Crippen LogP contribution < -0.4 is 4.74 Å². The number of aryl methyl sites for hydroxylation is 1. The Bertz CT molecular complexity index is 577. The second kappa shape index (κ2) is 7.05. The minimum atomic E-state index is -0.943. The Labute approximate surface area is 121 Å². The molecule has 0 unspecified atom stereocenters. The highest BCUT2D eigenvalue weighted by Crippen LogP contribution is 2.23. The van der Waals surface area contributed by atoms with Crippen molar-refractivity contribution in [1.82, 2.24) is 0 Å². The number of hydrogen-bond acceptors (Lipinski definition) is 4. The summed E-state index contributed by atoms with van der Waals surface area (Å²) >= 11 is 1.73. The lowest BCUT2D eigenvalue weighted by Gasteiger charge is -2.06. The van der Waals surface area contributed by atoms with Crippen LogP contribution in [0.4, 0.5) is 0 Å². The summed E-state index contributed by atoms with van der Waals surface area (Å²) in [5.41, 5.74) is 0.242. The summed E-state index contributed by atoms with van der Waals surface area (Å²) in [5, 5.41) is 8.88. The molecule has 1 N–H and O–H groups in total. The van der Waals surface area contributed by atoms with Crippen molar-refractivity contribution in [2.24, 2.45) is 0 Å². The minimum Gasteiger partial charge on any atom is -0.494 e. The highest BCUT2D eigenvalue weighted by Gasteiger charge is 2.04. The molecule has 5 heteroatoms. The van der Waals surface area contributed by atoms with E-state index in [2.05, 4.69) is 0 Å². The van der Waals surface area contributed by atoms with Gasteiger partial charge in [-0.2, -0.15) is 0 Å². The number of rotatable bonds is 7. The molecule has 106 valence electrons. The maximum Gasteiger partial charge on any atom is 0.335 e. The average molecular weight is 292 g/mol. The van der Waals surface area contributed by atoms with Crippen LogP contribution in [0.5, 0.6) is 5.75 Å². The molecule has 0 spiro atoms. The molecule has 0 saturated heterocycles. The number of carboxylic acids is 1. The Morgan fingerprint density at radius 3 is 2.95 bits per heavy atom. The van der Waals surface area contributed by atoms with Crippen LogP contribution in [-0.2, 0) is 0 Å². The van der Waals surface area contributed by atoms with Crippen molar-refractivity contribution >= 4 is 17.7 Å². The number of aromatic carboxylic acids is 1. The summed E-state index contributed by atoms with van der Waals surface area (Å²) in [6, 6.07) is 8.49. The van der Waals surface area contributed by atoms with Crippen molar-refractivity contribution in [3.05, 3.63) is 47.9 Å². The maximum atomic E-state index is 10.8. The van der Waals surface area contributed by atoms with Gasteiger partial charge in [0.25, 0.3) is 0 Å². The Balaban J connectivity index is 1.72. The number of furan rings is 1. The van der Waals surface area contributed by atoms with Crippen molar-refractivity contribution in [1.29, 1.82) is 0 Å². The van der Waals surface area contributed by atoms with E-state index >= 15 is 0 Å². The number of thioether (sulfide) groups is 1. The zero-order chi connectivity index (χ0) is 14.4. The van der Waals surface area contributed by atoms with Gasteiger partial charge in [-0.25, -0.2) is 4.79 Å².